The van der Waals surface area contributed by atoms with Crippen LogP contribution in [0.25, 0.3) is 0 Å². The zero-order valence-electron chi connectivity index (χ0n) is 24.3. The highest BCUT2D eigenvalue weighted by molar-refractivity contribution is 7.99. The lowest BCUT2D eigenvalue weighted by Crippen LogP contribution is -2.49. The number of ether oxygens (including phenoxy) is 2. The molecule has 2 aromatic carbocycles. The van der Waals surface area contributed by atoms with E-state index in [1.165, 1.54) is 22.7 Å². The molecular weight excluding hydrogens is 582 g/mol. The largest absolute Gasteiger partial charge is 0.462 e. The van der Waals surface area contributed by atoms with Gasteiger partial charge in [-0.2, -0.15) is 0 Å². The summed E-state index contributed by atoms with van der Waals surface area (Å²) in [6, 6.07) is 12.9. The molecule has 2 aromatic rings. The van der Waals surface area contributed by atoms with E-state index in [2.05, 4.69) is 30.3 Å². The van der Waals surface area contributed by atoms with E-state index < -0.39 is 49.0 Å². The number of anilines is 1. The Balaban J connectivity index is 1.66. The number of amides is 3. The molecule has 0 aromatic heterocycles. The van der Waals surface area contributed by atoms with Crippen LogP contribution in [0.1, 0.15) is 42.1 Å². The Hall–Kier alpha value is -3.02. The summed E-state index contributed by atoms with van der Waals surface area (Å²) in [7, 11) is -1.34. The fraction of sp³-hybridized carbons (Fsp3) is 0.448. The van der Waals surface area contributed by atoms with Crippen molar-refractivity contribution in [2.75, 3.05) is 24.2 Å². The lowest BCUT2D eigenvalue weighted by molar-refractivity contribution is -0.163. The SMILES string of the molecule is CC(C)(C)OC(=O)[C@@H]1CS[C@H](c2ccccc2Cl)N1C(=O)CNC(=O)Nc1cccc(C(=O)OCC[Si](C)(C)C)c1. The van der Waals surface area contributed by atoms with Gasteiger partial charge in [0.25, 0.3) is 0 Å². The van der Waals surface area contributed by atoms with Gasteiger partial charge in [-0.3, -0.25) is 4.79 Å². The zero-order valence-corrected chi connectivity index (χ0v) is 26.9. The third-order valence-electron chi connectivity index (χ3n) is 5.98. The topological polar surface area (TPSA) is 114 Å². The zero-order chi connectivity index (χ0) is 30.4. The van der Waals surface area contributed by atoms with Gasteiger partial charge in [0, 0.05) is 30.1 Å². The molecule has 9 nitrogen and oxygen atoms in total. The Morgan fingerprint density at radius 3 is 2.44 bits per heavy atom. The molecule has 0 bridgehead atoms. The number of nitrogens with one attached hydrogen (secondary N) is 2. The first-order valence-electron chi connectivity index (χ1n) is 13.4. The average molecular weight is 620 g/mol. The maximum atomic E-state index is 13.5. The molecule has 1 aliphatic rings. The summed E-state index contributed by atoms with van der Waals surface area (Å²) in [5, 5.41) is 5.14. The number of nitrogens with zero attached hydrogens (tertiary/aromatic N) is 1. The molecule has 3 amide bonds. The molecule has 2 atom stereocenters. The van der Waals surface area contributed by atoms with Crippen molar-refractivity contribution in [1.82, 2.24) is 10.2 Å². The predicted molar refractivity (Wildman–Crippen MR) is 165 cm³/mol. The number of hydrogen-bond acceptors (Lipinski definition) is 7. The number of halogens is 1. The Kier molecular flexibility index (Phi) is 10.9. The van der Waals surface area contributed by atoms with E-state index in [-0.39, 0.29) is 6.54 Å². The summed E-state index contributed by atoms with van der Waals surface area (Å²) in [6.45, 7) is 11.9. The molecule has 1 heterocycles. The van der Waals surface area contributed by atoms with Gasteiger partial charge < -0.3 is 25.0 Å². The number of esters is 2. The van der Waals surface area contributed by atoms with Gasteiger partial charge in [0.15, 0.2) is 0 Å². The van der Waals surface area contributed by atoms with Crippen LogP contribution in [0.15, 0.2) is 48.5 Å². The Morgan fingerprint density at radius 1 is 1.07 bits per heavy atom. The minimum atomic E-state index is -1.34. The monoisotopic (exact) mass is 619 g/mol. The van der Waals surface area contributed by atoms with E-state index in [1.54, 1.807) is 57.2 Å². The van der Waals surface area contributed by atoms with Crippen LogP contribution >= 0.6 is 23.4 Å². The second-order valence-corrected chi connectivity index (χ2v) is 19.0. The van der Waals surface area contributed by atoms with Crippen molar-refractivity contribution in [3.05, 3.63) is 64.7 Å². The molecule has 1 saturated heterocycles. The summed E-state index contributed by atoms with van der Waals surface area (Å²) in [6.07, 6.45) is 0. The van der Waals surface area contributed by atoms with E-state index in [0.29, 0.717) is 34.2 Å². The summed E-state index contributed by atoms with van der Waals surface area (Å²) in [5.41, 5.74) is 0.640. The van der Waals surface area contributed by atoms with Crippen molar-refractivity contribution in [3.63, 3.8) is 0 Å². The lowest BCUT2D eigenvalue weighted by Gasteiger charge is -2.31. The van der Waals surface area contributed by atoms with Crippen LogP contribution in [0.4, 0.5) is 10.5 Å². The molecule has 0 saturated carbocycles. The molecule has 0 unspecified atom stereocenters. The van der Waals surface area contributed by atoms with Crippen LogP contribution in [-0.2, 0) is 19.1 Å². The van der Waals surface area contributed by atoms with Crippen molar-refractivity contribution in [3.8, 4) is 0 Å². The molecule has 0 radical (unpaired) electrons. The third-order valence-corrected chi connectivity index (χ3v) is 9.33. The van der Waals surface area contributed by atoms with Gasteiger partial charge in [0.1, 0.15) is 17.0 Å². The maximum absolute atomic E-state index is 13.5. The Labute approximate surface area is 251 Å². The number of carbonyl (C=O) groups is 4. The highest BCUT2D eigenvalue weighted by atomic mass is 35.5. The van der Waals surface area contributed by atoms with Crippen LogP contribution in [0.2, 0.25) is 30.7 Å². The summed E-state index contributed by atoms with van der Waals surface area (Å²) in [4.78, 5) is 53.0. The van der Waals surface area contributed by atoms with Gasteiger partial charge in [0.05, 0.1) is 18.7 Å². The molecule has 2 N–H and O–H groups in total. The normalized spacial score (nSPS) is 17.1. The van der Waals surface area contributed by atoms with Crippen molar-refractivity contribution >= 4 is 61.0 Å². The number of thioether (sulfide) groups is 1. The van der Waals surface area contributed by atoms with Crippen molar-refractivity contribution < 1.29 is 28.7 Å². The number of hydrogen-bond donors (Lipinski definition) is 2. The van der Waals surface area contributed by atoms with Crippen LogP contribution in [0.3, 0.4) is 0 Å². The van der Waals surface area contributed by atoms with Gasteiger partial charge in [0.2, 0.25) is 5.91 Å². The van der Waals surface area contributed by atoms with Gasteiger partial charge in [-0.15, -0.1) is 11.8 Å². The molecule has 12 heteroatoms. The number of benzene rings is 2. The quantitative estimate of drug-likeness (QED) is 0.264. The van der Waals surface area contributed by atoms with Crippen LogP contribution in [0, 0.1) is 0 Å². The minimum absolute atomic E-state index is 0.311. The first-order chi connectivity index (χ1) is 19.1. The van der Waals surface area contributed by atoms with E-state index >= 15 is 0 Å². The van der Waals surface area contributed by atoms with Gasteiger partial charge in [-0.05, 0) is 51.1 Å². The van der Waals surface area contributed by atoms with E-state index in [9.17, 15) is 19.2 Å². The second-order valence-electron chi connectivity index (χ2n) is 11.9. The van der Waals surface area contributed by atoms with E-state index in [0.717, 1.165) is 6.04 Å². The first kappa shape index (κ1) is 32.5. The standard InChI is InChI=1S/C29H38ClN3O6SSi/c1-29(2,3)39-27(36)23-18-40-25(21-12-7-8-13-22(21)30)33(23)24(34)17-31-28(37)32-20-11-9-10-19(16-20)26(35)38-14-15-41(4,5)6/h7-13,16,23,25H,14-15,17-18H2,1-6H3,(H2,31,32,37)/t23-,25+/m0/s1. The summed E-state index contributed by atoms with van der Waals surface area (Å²) in [5.74, 6) is -1.13. The smallest absolute Gasteiger partial charge is 0.338 e. The summed E-state index contributed by atoms with van der Waals surface area (Å²) < 4.78 is 11.0. The molecule has 41 heavy (non-hydrogen) atoms. The van der Waals surface area contributed by atoms with Gasteiger partial charge in [-0.1, -0.05) is 55.5 Å². The Bertz CT molecular complexity index is 1280. The molecule has 222 valence electrons. The van der Waals surface area contributed by atoms with Crippen LogP contribution in [0.5, 0.6) is 0 Å². The van der Waals surface area contributed by atoms with Crippen LogP contribution in [-0.4, -0.2) is 67.4 Å². The predicted octanol–water partition coefficient (Wildman–Crippen LogP) is 5.94. The summed E-state index contributed by atoms with van der Waals surface area (Å²) >= 11 is 7.84. The van der Waals surface area contributed by atoms with Crippen molar-refractivity contribution in [2.24, 2.45) is 0 Å². The average Bonchev–Trinajstić information content (AvgIpc) is 3.31. The maximum Gasteiger partial charge on any atom is 0.338 e. The highest BCUT2D eigenvalue weighted by Gasteiger charge is 2.44. The number of rotatable bonds is 9. The fourth-order valence-corrected chi connectivity index (χ4v) is 6.45. The molecule has 0 aliphatic carbocycles. The van der Waals surface area contributed by atoms with Gasteiger partial charge in [-0.25, -0.2) is 14.4 Å². The molecule has 3 rings (SSSR count). The third kappa shape index (κ3) is 9.79. The lowest BCUT2D eigenvalue weighted by atomic mass is 10.1. The highest BCUT2D eigenvalue weighted by Crippen LogP contribution is 2.44. The van der Waals surface area contributed by atoms with E-state index in [1.807, 2.05) is 6.07 Å². The van der Waals surface area contributed by atoms with Crippen molar-refractivity contribution in [2.45, 2.75) is 63.5 Å². The minimum Gasteiger partial charge on any atom is -0.462 e. The van der Waals surface area contributed by atoms with E-state index in [4.69, 9.17) is 21.1 Å². The van der Waals surface area contributed by atoms with Crippen LogP contribution < -0.4 is 10.6 Å². The fourth-order valence-electron chi connectivity index (χ4n) is 3.96. The van der Waals surface area contributed by atoms with Gasteiger partial charge >= 0.3 is 18.0 Å². The Morgan fingerprint density at radius 2 is 1.78 bits per heavy atom. The molecule has 0 spiro atoms. The molecular formula is C29H38ClN3O6SSi. The second kappa shape index (κ2) is 13.8. The number of urea groups is 1. The van der Waals surface area contributed by atoms with Crippen molar-refractivity contribution in [1.29, 1.82) is 0 Å². The number of carbonyl (C=O) groups excluding carboxylic acids is 4. The first-order valence-corrected chi connectivity index (χ1v) is 18.5. The molecule has 1 aliphatic heterocycles. The molecule has 1 fully saturated rings.